The average molecular weight is 324 g/mol. The molecule has 0 spiro atoms. The fourth-order valence-electron chi connectivity index (χ4n) is 3.55. The molecule has 1 aliphatic heterocycles. The molecule has 1 rings (SSSR count). The largest absolute Gasteiger partial charge is 0.391 e. The Balaban J connectivity index is 2.08. The van der Waals surface area contributed by atoms with E-state index >= 15 is 0 Å². The molecular formula is C20H39N2O+. The van der Waals surface area contributed by atoms with E-state index in [-0.39, 0.29) is 6.61 Å². The molecular weight excluding hydrogens is 284 g/mol. The second-order valence-electron chi connectivity index (χ2n) is 6.95. The molecule has 0 amide bonds. The zero-order valence-electron chi connectivity index (χ0n) is 15.6. The third kappa shape index (κ3) is 7.63. The fraction of sp³-hybridized carbons (Fsp3) is 0.850. The fourth-order valence-corrected chi connectivity index (χ4v) is 3.55. The summed E-state index contributed by atoms with van der Waals surface area (Å²) in [5, 5.41) is 9.31. The van der Waals surface area contributed by atoms with Crippen LogP contribution < -0.4 is 0 Å². The lowest BCUT2D eigenvalue weighted by atomic mass is 10.1. The van der Waals surface area contributed by atoms with Gasteiger partial charge in [-0.25, -0.2) is 4.99 Å². The van der Waals surface area contributed by atoms with Crippen LogP contribution in [0, 0.1) is 0 Å². The quantitative estimate of drug-likeness (QED) is 0.280. The zero-order valence-corrected chi connectivity index (χ0v) is 15.6. The van der Waals surface area contributed by atoms with Gasteiger partial charge in [0.15, 0.2) is 6.17 Å². The van der Waals surface area contributed by atoms with Crippen molar-refractivity contribution in [3.05, 3.63) is 12.2 Å². The van der Waals surface area contributed by atoms with E-state index in [0.29, 0.717) is 6.17 Å². The Kier molecular flexibility index (Phi) is 11.3. The van der Waals surface area contributed by atoms with Crippen LogP contribution in [0.25, 0.3) is 0 Å². The van der Waals surface area contributed by atoms with Crippen LogP contribution in [-0.4, -0.2) is 48.2 Å². The summed E-state index contributed by atoms with van der Waals surface area (Å²) in [4.78, 5) is 4.65. The van der Waals surface area contributed by atoms with Gasteiger partial charge in [0, 0.05) is 6.42 Å². The third-order valence-corrected chi connectivity index (χ3v) is 5.27. The van der Waals surface area contributed by atoms with Crippen molar-refractivity contribution in [2.75, 3.05) is 26.2 Å². The minimum absolute atomic E-state index is 0.260. The lowest BCUT2D eigenvalue weighted by Crippen LogP contribution is -2.53. The molecule has 0 saturated carbocycles. The molecule has 1 N–H and O–H groups in total. The Morgan fingerprint density at radius 3 is 2.39 bits per heavy atom. The third-order valence-electron chi connectivity index (χ3n) is 5.27. The van der Waals surface area contributed by atoms with Gasteiger partial charge in [-0.15, -0.1) is 0 Å². The molecule has 23 heavy (non-hydrogen) atoms. The van der Waals surface area contributed by atoms with Gasteiger partial charge >= 0.3 is 0 Å². The van der Waals surface area contributed by atoms with Gasteiger partial charge in [0.25, 0.3) is 0 Å². The summed E-state index contributed by atoms with van der Waals surface area (Å²) in [6.07, 6.45) is 20.3. The van der Waals surface area contributed by atoms with E-state index in [4.69, 9.17) is 0 Å². The van der Waals surface area contributed by atoms with Crippen LogP contribution in [0.3, 0.4) is 0 Å². The van der Waals surface area contributed by atoms with Gasteiger partial charge in [0.1, 0.15) is 13.1 Å². The number of aliphatic hydroxyl groups excluding tert-OH is 1. The molecule has 0 bridgehead atoms. The zero-order chi connectivity index (χ0) is 16.8. The molecule has 2 atom stereocenters. The molecule has 134 valence electrons. The Morgan fingerprint density at radius 1 is 1.04 bits per heavy atom. The maximum Gasteiger partial charge on any atom is 0.186 e. The molecule has 0 aliphatic carbocycles. The SMILES string of the molecule is CCCCCCCCCC/C=C/CC1N=CC[N+]1(CC)CCO. The first kappa shape index (κ1) is 20.4. The molecule has 0 aromatic rings. The highest BCUT2D eigenvalue weighted by Crippen LogP contribution is 2.22. The van der Waals surface area contributed by atoms with E-state index in [9.17, 15) is 5.11 Å². The summed E-state index contributed by atoms with van der Waals surface area (Å²) in [5.41, 5.74) is 0. The highest BCUT2D eigenvalue weighted by molar-refractivity contribution is 5.60. The number of aliphatic hydroxyl groups is 1. The van der Waals surface area contributed by atoms with E-state index in [1.165, 1.54) is 57.8 Å². The summed E-state index contributed by atoms with van der Waals surface area (Å²) in [5.74, 6) is 0. The summed E-state index contributed by atoms with van der Waals surface area (Å²) in [6.45, 7) is 7.60. The minimum atomic E-state index is 0.260. The van der Waals surface area contributed by atoms with Crippen molar-refractivity contribution in [2.24, 2.45) is 4.99 Å². The summed E-state index contributed by atoms with van der Waals surface area (Å²) >= 11 is 0. The normalized spacial score (nSPS) is 24.0. The second kappa shape index (κ2) is 12.7. The topological polar surface area (TPSA) is 32.6 Å². The highest BCUT2D eigenvalue weighted by Gasteiger charge is 2.36. The van der Waals surface area contributed by atoms with E-state index in [0.717, 1.165) is 30.5 Å². The molecule has 0 saturated heterocycles. The second-order valence-corrected chi connectivity index (χ2v) is 6.95. The van der Waals surface area contributed by atoms with Crippen molar-refractivity contribution in [3.63, 3.8) is 0 Å². The first-order valence-corrected chi connectivity index (χ1v) is 9.92. The average Bonchev–Trinajstić information content (AvgIpc) is 2.96. The standard InChI is InChI=1S/C20H39N2O/c1-3-5-6-7-8-9-10-11-12-13-14-15-20-21-16-17-22(20,4-2)18-19-23/h13-14,16,20,23H,3-12,15,17-19H2,1-2H3/q+1/b14-13+. The van der Waals surface area contributed by atoms with Crippen molar-refractivity contribution in [3.8, 4) is 0 Å². The number of hydrogen-bond donors (Lipinski definition) is 1. The summed E-state index contributed by atoms with van der Waals surface area (Å²) in [7, 11) is 0. The van der Waals surface area contributed by atoms with Crippen molar-refractivity contribution >= 4 is 6.21 Å². The predicted molar refractivity (Wildman–Crippen MR) is 101 cm³/mol. The van der Waals surface area contributed by atoms with E-state index in [1.807, 2.05) is 0 Å². The molecule has 0 aromatic carbocycles. The smallest absolute Gasteiger partial charge is 0.186 e. The van der Waals surface area contributed by atoms with Crippen molar-refractivity contribution in [1.82, 2.24) is 0 Å². The number of aliphatic imine (C=N–C) groups is 1. The Bertz CT molecular complexity index is 341. The molecule has 1 heterocycles. The molecule has 0 aromatic heterocycles. The van der Waals surface area contributed by atoms with Crippen molar-refractivity contribution in [1.29, 1.82) is 0 Å². The van der Waals surface area contributed by atoms with Gasteiger partial charge in [-0.1, -0.05) is 64.0 Å². The van der Waals surface area contributed by atoms with E-state index in [1.54, 1.807) is 0 Å². The van der Waals surface area contributed by atoms with Crippen molar-refractivity contribution in [2.45, 2.75) is 84.2 Å². The maximum absolute atomic E-state index is 9.31. The monoisotopic (exact) mass is 323 g/mol. The maximum atomic E-state index is 9.31. The molecule has 0 radical (unpaired) electrons. The van der Waals surface area contributed by atoms with Crippen LogP contribution in [0.2, 0.25) is 0 Å². The van der Waals surface area contributed by atoms with Gasteiger partial charge in [-0.3, -0.25) is 4.48 Å². The molecule has 2 unspecified atom stereocenters. The van der Waals surface area contributed by atoms with Crippen LogP contribution in [0.15, 0.2) is 17.1 Å². The summed E-state index contributed by atoms with van der Waals surface area (Å²) < 4.78 is 0.929. The number of allylic oxidation sites excluding steroid dienone is 1. The highest BCUT2D eigenvalue weighted by atomic mass is 16.3. The molecule has 3 heteroatoms. The van der Waals surface area contributed by atoms with Crippen LogP contribution >= 0.6 is 0 Å². The van der Waals surface area contributed by atoms with E-state index < -0.39 is 0 Å². The molecule has 0 fully saturated rings. The Labute approximate surface area is 144 Å². The van der Waals surface area contributed by atoms with Crippen LogP contribution in [0.4, 0.5) is 0 Å². The van der Waals surface area contributed by atoms with Crippen LogP contribution in [-0.2, 0) is 0 Å². The number of unbranched alkanes of at least 4 members (excludes halogenated alkanes) is 8. The molecule has 3 nitrogen and oxygen atoms in total. The van der Waals surface area contributed by atoms with E-state index in [2.05, 4.69) is 37.2 Å². The lowest BCUT2D eigenvalue weighted by molar-refractivity contribution is -0.935. The number of nitrogens with zero attached hydrogens (tertiary/aromatic N) is 2. The predicted octanol–water partition coefficient (Wildman–Crippen LogP) is 4.70. The number of likely N-dealkylation sites (N-methyl/N-ethyl adjacent to an activating group) is 1. The van der Waals surface area contributed by atoms with Crippen LogP contribution in [0.5, 0.6) is 0 Å². The first-order valence-electron chi connectivity index (χ1n) is 9.92. The van der Waals surface area contributed by atoms with Crippen LogP contribution in [0.1, 0.15) is 78.1 Å². The van der Waals surface area contributed by atoms with Crippen molar-refractivity contribution < 1.29 is 9.59 Å². The number of quaternary nitrogens is 1. The van der Waals surface area contributed by atoms with Gasteiger partial charge in [0.05, 0.1) is 19.4 Å². The first-order chi connectivity index (χ1) is 11.3. The summed E-state index contributed by atoms with van der Waals surface area (Å²) in [6, 6.07) is 0. The van der Waals surface area contributed by atoms with Gasteiger partial charge < -0.3 is 5.11 Å². The number of rotatable bonds is 14. The Hall–Kier alpha value is -0.670. The van der Waals surface area contributed by atoms with Gasteiger partial charge in [-0.05, 0) is 19.8 Å². The lowest BCUT2D eigenvalue weighted by Gasteiger charge is -2.37. The van der Waals surface area contributed by atoms with Gasteiger partial charge in [-0.2, -0.15) is 0 Å². The number of hydrogen-bond acceptors (Lipinski definition) is 2. The molecule has 1 aliphatic rings. The van der Waals surface area contributed by atoms with Gasteiger partial charge in [0.2, 0.25) is 0 Å². The minimum Gasteiger partial charge on any atom is -0.391 e. The Morgan fingerprint density at radius 2 is 1.74 bits per heavy atom.